The first-order chi connectivity index (χ1) is 19.0. The van der Waals surface area contributed by atoms with Crippen molar-refractivity contribution < 1.29 is 27.9 Å². The lowest BCUT2D eigenvalue weighted by Gasteiger charge is -2.32. The third-order valence-electron chi connectivity index (χ3n) is 5.65. The molecule has 0 spiro atoms. The van der Waals surface area contributed by atoms with Crippen LogP contribution in [-0.4, -0.2) is 40.7 Å². The zero-order chi connectivity index (χ0) is 29.0. The molecule has 12 heteroatoms. The SMILES string of the molecule is O=C(c1ccc(Cl)cc1)N(C(=O)c1ccc(Cl)cc1)N(C(=O)c1ccc(Cl)cc1)S(=O)(=O)c1ccc(CO)cc1. The van der Waals surface area contributed by atoms with Gasteiger partial charge in [-0.1, -0.05) is 46.9 Å². The molecule has 4 aromatic carbocycles. The maximum absolute atomic E-state index is 14.1. The van der Waals surface area contributed by atoms with E-state index in [1.54, 1.807) is 0 Å². The molecule has 0 aliphatic heterocycles. The summed E-state index contributed by atoms with van der Waals surface area (Å²) in [6.07, 6.45) is 0. The molecule has 0 radical (unpaired) electrons. The van der Waals surface area contributed by atoms with E-state index in [2.05, 4.69) is 0 Å². The second-order valence-corrected chi connectivity index (χ2v) is 11.4. The average Bonchev–Trinajstić information content (AvgIpc) is 2.96. The number of hydrogen-bond acceptors (Lipinski definition) is 6. The molecule has 204 valence electrons. The second kappa shape index (κ2) is 12.2. The van der Waals surface area contributed by atoms with Gasteiger partial charge in [-0.25, -0.2) is 0 Å². The van der Waals surface area contributed by atoms with Crippen molar-refractivity contribution in [2.75, 3.05) is 0 Å². The van der Waals surface area contributed by atoms with Gasteiger partial charge in [0.05, 0.1) is 11.5 Å². The van der Waals surface area contributed by atoms with E-state index in [0.29, 0.717) is 5.56 Å². The first kappa shape index (κ1) is 29.3. The maximum atomic E-state index is 14.1. The number of sulfonamides is 1. The Balaban J connectivity index is 1.96. The molecule has 0 saturated carbocycles. The fourth-order valence-electron chi connectivity index (χ4n) is 3.56. The van der Waals surface area contributed by atoms with Crippen molar-refractivity contribution in [3.8, 4) is 0 Å². The molecule has 0 aromatic heterocycles. The molecule has 3 amide bonds. The first-order valence-electron chi connectivity index (χ1n) is 11.5. The Kier molecular flexibility index (Phi) is 8.92. The van der Waals surface area contributed by atoms with Crippen LogP contribution < -0.4 is 0 Å². The summed E-state index contributed by atoms with van der Waals surface area (Å²) in [6.45, 7) is -0.357. The van der Waals surface area contributed by atoms with E-state index in [-0.39, 0.29) is 47.8 Å². The van der Waals surface area contributed by atoms with Gasteiger partial charge in [-0.2, -0.15) is 13.4 Å². The van der Waals surface area contributed by atoms with Crippen LogP contribution in [0.25, 0.3) is 0 Å². The fraction of sp³-hybridized carbons (Fsp3) is 0.0357. The highest BCUT2D eigenvalue weighted by Gasteiger charge is 2.42. The van der Waals surface area contributed by atoms with E-state index in [9.17, 15) is 27.9 Å². The predicted octanol–water partition coefficient (Wildman–Crippen LogP) is 5.87. The molecule has 4 aromatic rings. The summed E-state index contributed by atoms with van der Waals surface area (Å²) in [5.74, 6) is -3.43. The number of halogens is 3. The third kappa shape index (κ3) is 6.19. The summed E-state index contributed by atoms with van der Waals surface area (Å²) < 4.78 is 28.2. The minimum Gasteiger partial charge on any atom is -0.392 e. The predicted molar refractivity (Wildman–Crippen MR) is 151 cm³/mol. The standard InChI is InChI=1S/C28H19Cl3N2O6S/c29-22-9-3-19(4-10-22)26(35)32(27(36)20-5-11-23(30)12-6-20)33(28(37)21-7-13-24(31)14-8-21)40(38,39)25-15-1-18(17-34)2-16-25/h1-16,34H,17H2. The molecule has 8 nitrogen and oxygen atoms in total. The molecule has 0 aliphatic carbocycles. The Hall–Kier alpha value is -3.73. The topological polar surface area (TPSA) is 112 Å². The minimum atomic E-state index is -4.90. The van der Waals surface area contributed by atoms with Crippen LogP contribution in [0.15, 0.2) is 102 Å². The molecular formula is C28H19Cl3N2O6S. The molecular weight excluding hydrogens is 599 g/mol. The first-order valence-corrected chi connectivity index (χ1v) is 14.0. The number of amides is 3. The van der Waals surface area contributed by atoms with Crippen molar-refractivity contribution >= 4 is 62.5 Å². The number of benzene rings is 4. The second-order valence-electron chi connectivity index (χ2n) is 8.30. The highest BCUT2D eigenvalue weighted by Crippen LogP contribution is 2.26. The van der Waals surface area contributed by atoms with Crippen LogP contribution in [0.2, 0.25) is 15.1 Å². The molecule has 0 bridgehead atoms. The number of imide groups is 1. The van der Waals surface area contributed by atoms with E-state index < -0.39 is 32.6 Å². The van der Waals surface area contributed by atoms with E-state index >= 15 is 0 Å². The van der Waals surface area contributed by atoms with Crippen molar-refractivity contribution in [3.05, 3.63) is 134 Å². The van der Waals surface area contributed by atoms with Gasteiger partial charge in [-0.3, -0.25) is 14.4 Å². The Morgan fingerprint density at radius 3 is 1.27 bits per heavy atom. The number of carbonyl (C=O) groups is 3. The van der Waals surface area contributed by atoms with Gasteiger partial charge < -0.3 is 5.11 Å². The quantitative estimate of drug-likeness (QED) is 0.214. The average molecular weight is 618 g/mol. The lowest BCUT2D eigenvalue weighted by atomic mass is 10.1. The summed E-state index contributed by atoms with van der Waals surface area (Å²) >= 11 is 17.9. The van der Waals surface area contributed by atoms with Crippen molar-refractivity contribution in [2.24, 2.45) is 0 Å². The van der Waals surface area contributed by atoms with Crippen molar-refractivity contribution in [1.29, 1.82) is 0 Å². The molecule has 40 heavy (non-hydrogen) atoms. The Bertz CT molecular complexity index is 1600. The van der Waals surface area contributed by atoms with Gasteiger partial charge >= 0.3 is 0 Å². The van der Waals surface area contributed by atoms with E-state index in [0.717, 1.165) is 12.1 Å². The van der Waals surface area contributed by atoms with E-state index in [1.165, 1.54) is 84.9 Å². The van der Waals surface area contributed by atoms with Crippen LogP contribution in [0.1, 0.15) is 36.6 Å². The fourth-order valence-corrected chi connectivity index (χ4v) is 5.31. The highest BCUT2D eigenvalue weighted by molar-refractivity contribution is 7.89. The smallest absolute Gasteiger partial charge is 0.287 e. The van der Waals surface area contributed by atoms with Gasteiger partial charge in [0.15, 0.2) is 0 Å². The lowest BCUT2D eigenvalue weighted by molar-refractivity contribution is 0.0255. The number of aliphatic hydroxyl groups is 1. The largest absolute Gasteiger partial charge is 0.392 e. The molecule has 0 atom stereocenters. The summed E-state index contributed by atoms with van der Waals surface area (Å²) in [6, 6.07) is 20.9. The lowest BCUT2D eigenvalue weighted by Crippen LogP contribution is -2.55. The Morgan fingerprint density at radius 1 is 0.575 bits per heavy atom. The van der Waals surface area contributed by atoms with Crippen LogP contribution in [0.5, 0.6) is 0 Å². The third-order valence-corrected chi connectivity index (χ3v) is 8.05. The molecule has 1 N–H and O–H groups in total. The number of carbonyl (C=O) groups excluding carboxylic acids is 3. The van der Waals surface area contributed by atoms with E-state index in [1.807, 2.05) is 0 Å². The molecule has 0 saturated heterocycles. The normalized spacial score (nSPS) is 11.1. The molecule has 4 rings (SSSR count). The zero-order valence-electron chi connectivity index (χ0n) is 20.4. The van der Waals surface area contributed by atoms with Gasteiger partial charge in [0.1, 0.15) is 0 Å². The number of aliphatic hydroxyl groups excluding tert-OH is 1. The van der Waals surface area contributed by atoms with Crippen molar-refractivity contribution in [2.45, 2.75) is 11.5 Å². The monoisotopic (exact) mass is 616 g/mol. The molecule has 0 fully saturated rings. The maximum Gasteiger partial charge on any atom is 0.287 e. The van der Waals surface area contributed by atoms with Crippen LogP contribution in [0.3, 0.4) is 0 Å². The number of nitrogens with zero attached hydrogens (tertiary/aromatic N) is 2. The Labute approximate surface area is 245 Å². The highest BCUT2D eigenvalue weighted by atomic mass is 35.5. The van der Waals surface area contributed by atoms with Crippen LogP contribution in [0.4, 0.5) is 0 Å². The number of hydrogen-bond donors (Lipinski definition) is 1. The van der Waals surface area contributed by atoms with Gasteiger partial charge in [0.2, 0.25) is 0 Å². The molecule has 0 unspecified atom stereocenters. The molecule has 0 aliphatic rings. The Morgan fingerprint density at radius 2 is 0.925 bits per heavy atom. The summed E-state index contributed by atoms with van der Waals surface area (Å²) in [5.41, 5.74) is -0.00322. The van der Waals surface area contributed by atoms with Crippen LogP contribution >= 0.6 is 34.8 Å². The van der Waals surface area contributed by atoms with Gasteiger partial charge in [-0.15, -0.1) is 4.41 Å². The van der Waals surface area contributed by atoms with Crippen LogP contribution in [-0.2, 0) is 16.6 Å². The minimum absolute atomic E-state index is 0.119. The summed E-state index contributed by atoms with van der Waals surface area (Å²) in [7, 11) is -4.90. The van der Waals surface area contributed by atoms with E-state index in [4.69, 9.17) is 34.8 Å². The zero-order valence-corrected chi connectivity index (χ0v) is 23.5. The molecule has 0 heterocycles. The number of rotatable bonds is 6. The van der Waals surface area contributed by atoms with Gasteiger partial charge in [0.25, 0.3) is 27.7 Å². The van der Waals surface area contributed by atoms with Gasteiger partial charge in [-0.05, 0) is 90.5 Å². The van der Waals surface area contributed by atoms with Crippen molar-refractivity contribution in [3.63, 3.8) is 0 Å². The number of hydrazine groups is 1. The summed E-state index contributed by atoms with van der Waals surface area (Å²) in [4.78, 5) is 41.2. The summed E-state index contributed by atoms with van der Waals surface area (Å²) in [5, 5.41) is 10.5. The van der Waals surface area contributed by atoms with Crippen molar-refractivity contribution in [1.82, 2.24) is 9.42 Å². The van der Waals surface area contributed by atoms with Crippen LogP contribution in [0, 0.1) is 0 Å². The van der Waals surface area contributed by atoms with Gasteiger partial charge in [0, 0.05) is 31.8 Å².